The van der Waals surface area contributed by atoms with Crippen molar-refractivity contribution >= 4 is 5.97 Å². The average molecular weight is 283 g/mol. The summed E-state index contributed by atoms with van der Waals surface area (Å²) in [6, 6.07) is 0. The first-order chi connectivity index (χ1) is 8.78. The van der Waals surface area contributed by atoms with Crippen LogP contribution in [-0.2, 0) is 17.9 Å². The molecule has 1 N–H and O–H groups in total. The lowest BCUT2D eigenvalue weighted by Crippen LogP contribution is -2.20. The van der Waals surface area contributed by atoms with Crippen molar-refractivity contribution in [3.8, 4) is 11.5 Å². The molecule has 0 aliphatic carbocycles. The van der Waals surface area contributed by atoms with Crippen molar-refractivity contribution in [3.05, 3.63) is 17.5 Å². The van der Waals surface area contributed by atoms with E-state index in [-0.39, 0.29) is 0 Å². The highest BCUT2D eigenvalue weighted by Crippen LogP contribution is 2.36. The molecule has 106 valence electrons. The summed E-state index contributed by atoms with van der Waals surface area (Å²) in [6.07, 6.45) is -5.09. The van der Waals surface area contributed by atoms with Gasteiger partial charge in [0.1, 0.15) is 6.67 Å². The lowest BCUT2D eigenvalue weighted by molar-refractivity contribution is -0.275. The second-order valence-electron chi connectivity index (χ2n) is 3.33. The molecule has 1 rings (SSSR count). The van der Waals surface area contributed by atoms with Gasteiger partial charge in [0.05, 0.1) is 25.4 Å². The zero-order valence-corrected chi connectivity index (χ0v) is 9.62. The van der Waals surface area contributed by atoms with Gasteiger partial charge >= 0.3 is 12.3 Å². The third kappa shape index (κ3) is 3.97. The Bertz CT molecular complexity index is 475. The number of halogens is 4. The zero-order chi connectivity index (χ0) is 14.6. The summed E-state index contributed by atoms with van der Waals surface area (Å²) >= 11 is 0. The second-order valence-corrected chi connectivity index (χ2v) is 3.33. The number of pyridine rings is 1. The van der Waals surface area contributed by atoms with Crippen LogP contribution in [0.15, 0.2) is 6.20 Å². The maximum atomic E-state index is 12.7. The van der Waals surface area contributed by atoms with E-state index < -0.39 is 48.2 Å². The molecular weight excluding hydrogens is 274 g/mol. The summed E-state index contributed by atoms with van der Waals surface area (Å²) in [5, 5.41) is 8.65. The summed E-state index contributed by atoms with van der Waals surface area (Å²) in [4.78, 5) is 14.1. The van der Waals surface area contributed by atoms with Crippen LogP contribution in [0, 0.1) is 0 Å². The Morgan fingerprint density at radius 2 is 2.11 bits per heavy atom. The molecule has 0 aliphatic rings. The minimum Gasteiger partial charge on any atom is -0.491 e. The van der Waals surface area contributed by atoms with Crippen LogP contribution in [-0.4, -0.2) is 29.5 Å². The third-order valence-electron chi connectivity index (χ3n) is 2.08. The van der Waals surface area contributed by atoms with E-state index in [4.69, 9.17) is 5.11 Å². The Balaban J connectivity index is 3.38. The third-order valence-corrected chi connectivity index (χ3v) is 2.08. The highest BCUT2D eigenvalue weighted by molar-refractivity contribution is 5.72. The first-order valence-corrected chi connectivity index (χ1v) is 4.86. The van der Waals surface area contributed by atoms with E-state index >= 15 is 0 Å². The van der Waals surface area contributed by atoms with Gasteiger partial charge in [-0.2, -0.15) is 0 Å². The molecule has 19 heavy (non-hydrogen) atoms. The number of aliphatic carboxylic acids is 1. The lowest BCUT2D eigenvalue weighted by Gasteiger charge is -2.16. The number of ether oxygens (including phenoxy) is 2. The fourth-order valence-corrected chi connectivity index (χ4v) is 1.37. The van der Waals surface area contributed by atoms with Crippen molar-refractivity contribution in [2.45, 2.75) is 19.5 Å². The van der Waals surface area contributed by atoms with Crippen molar-refractivity contribution in [1.29, 1.82) is 0 Å². The monoisotopic (exact) mass is 283 g/mol. The molecule has 0 aliphatic heterocycles. The van der Waals surface area contributed by atoms with Crippen molar-refractivity contribution < 1.29 is 36.9 Å². The van der Waals surface area contributed by atoms with Crippen molar-refractivity contribution in [2.24, 2.45) is 0 Å². The first-order valence-electron chi connectivity index (χ1n) is 4.86. The van der Waals surface area contributed by atoms with E-state index in [1.54, 1.807) is 0 Å². The van der Waals surface area contributed by atoms with Crippen LogP contribution in [0.5, 0.6) is 11.5 Å². The van der Waals surface area contributed by atoms with Crippen LogP contribution < -0.4 is 9.47 Å². The number of aromatic nitrogens is 1. The maximum Gasteiger partial charge on any atom is 0.573 e. The average Bonchev–Trinajstić information content (AvgIpc) is 2.28. The SMILES string of the molecule is COc1cnc(CF)c(CC(=O)O)c1OC(F)(F)F. The molecule has 0 radical (unpaired) electrons. The molecule has 0 atom stereocenters. The minimum absolute atomic E-state index is 0.425. The predicted octanol–water partition coefficient (Wildman–Crippen LogP) is 2.09. The van der Waals surface area contributed by atoms with E-state index in [2.05, 4.69) is 14.5 Å². The van der Waals surface area contributed by atoms with Crippen LogP contribution in [0.1, 0.15) is 11.3 Å². The highest BCUT2D eigenvalue weighted by Gasteiger charge is 2.35. The number of alkyl halides is 4. The summed E-state index contributed by atoms with van der Waals surface area (Å²) in [5.74, 6) is -2.76. The van der Waals surface area contributed by atoms with E-state index in [0.717, 1.165) is 13.3 Å². The van der Waals surface area contributed by atoms with Crippen molar-refractivity contribution in [2.75, 3.05) is 7.11 Å². The van der Waals surface area contributed by atoms with Crippen molar-refractivity contribution in [3.63, 3.8) is 0 Å². The van der Waals surface area contributed by atoms with Crippen LogP contribution in [0.25, 0.3) is 0 Å². The Morgan fingerprint density at radius 1 is 1.47 bits per heavy atom. The number of methoxy groups -OCH3 is 1. The standard InChI is InChI=1S/C10H9F4NO4/c1-18-7-4-15-6(3-11)5(2-8(16)17)9(7)19-10(12,13)14/h4H,2-3H2,1H3,(H,16,17). The van der Waals surface area contributed by atoms with Gasteiger partial charge in [0.2, 0.25) is 0 Å². The Labute approximate surface area is 104 Å². The van der Waals surface area contributed by atoms with E-state index in [1.807, 2.05) is 0 Å². The number of hydrogen-bond acceptors (Lipinski definition) is 4. The van der Waals surface area contributed by atoms with Crippen LogP contribution in [0.3, 0.4) is 0 Å². The van der Waals surface area contributed by atoms with Gasteiger partial charge in [-0.3, -0.25) is 9.78 Å². The molecule has 0 saturated heterocycles. The summed E-state index contributed by atoms with van der Waals surface area (Å²) < 4.78 is 57.8. The molecule has 0 saturated carbocycles. The fourth-order valence-electron chi connectivity index (χ4n) is 1.37. The van der Waals surface area contributed by atoms with Gasteiger partial charge in [-0.15, -0.1) is 13.2 Å². The molecule has 0 aromatic carbocycles. The van der Waals surface area contributed by atoms with Gasteiger partial charge in [-0.25, -0.2) is 4.39 Å². The van der Waals surface area contributed by atoms with Gasteiger partial charge < -0.3 is 14.6 Å². The van der Waals surface area contributed by atoms with Crippen molar-refractivity contribution in [1.82, 2.24) is 4.98 Å². The molecule has 5 nitrogen and oxygen atoms in total. The topological polar surface area (TPSA) is 68.7 Å². The van der Waals surface area contributed by atoms with E-state index in [1.165, 1.54) is 0 Å². The predicted molar refractivity (Wildman–Crippen MR) is 53.6 cm³/mol. The minimum atomic E-state index is -5.06. The molecular formula is C10H9F4NO4. The van der Waals surface area contributed by atoms with Crippen LogP contribution >= 0.6 is 0 Å². The second kappa shape index (κ2) is 5.72. The molecule has 1 heterocycles. The fraction of sp³-hybridized carbons (Fsp3) is 0.400. The lowest BCUT2D eigenvalue weighted by atomic mass is 10.1. The van der Waals surface area contributed by atoms with Gasteiger partial charge in [-0.05, 0) is 0 Å². The molecule has 1 aromatic heterocycles. The molecule has 0 fully saturated rings. The van der Waals surface area contributed by atoms with Crippen LogP contribution in [0.4, 0.5) is 17.6 Å². The molecule has 0 unspecified atom stereocenters. The van der Waals surface area contributed by atoms with E-state index in [0.29, 0.717) is 0 Å². The number of rotatable bonds is 5. The van der Waals surface area contributed by atoms with Gasteiger partial charge in [0.15, 0.2) is 11.5 Å². The number of carboxylic acid groups (broad SMARTS) is 1. The largest absolute Gasteiger partial charge is 0.573 e. The Morgan fingerprint density at radius 3 is 2.53 bits per heavy atom. The van der Waals surface area contributed by atoms with Gasteiger partial charge in [-0.1, -0.05) is 0 Å². The number of nitrogens with zero attached hydrogens (tertiary/aromatic N) is 1. The maximum absolute atomic E-state index is 12.7. The Hall–Kier alpha value is -2.06. The normalized spacial score (nSPS) is 11.2. The van der Waals surface area contributed by atoms with Gasteiger partial charge in [0, 0.05) is 5.56 Å². The molecule has 1 aromatic rings. The smallest absolute Gasteiger partial charge is 0.491 e. The first kappa shape index (κ1) is 15.0. The quantitative estimate of drug-likeness (QED) is 0.838. The molecule has 9 heteroatoms. The Kier molecular flexibility index (Phi) is 4.52. The number of carbonyl (C=O) groups is 1. The molecule has 0 spiro atoms. The number of hydrogen-bond donors (Lipinski definition) is 1. The van der Waals surface area contributed by atoms with E-state index in [9.17, 15) is 22.4 Å². The van der Waals surface area contributed by atoms with Gasteiger partial charge in [0.25, 0.3) is 0 Å². The summed E-state index contributed by atoms with van der Waals surface area (Å²) in [6.45, 7) is -1.22. The molecule has 0 bridgehead atoms. The molecule has 0 amide bonds. The van der Waals surface area contributed by atoms with Crippen LogP contribution in [0.2, 0.25) is 0 Å². The highest BCUT2D eigenvalue weighted by atomic mass is 19.4. The summed E-state index contributed by atoms with van der Waals surface area (Å²) in [5.41, 5.74) is -0.950. The zero-order valence-electron chi connectivity index (χ0n) is 9.62. The summed E-state index contributed by atoms with van der Waals surface area (Å²) in [7, 11) is 1.06. The number of carboxylic acids is 1.